The quantitative estimate of drug-likeness (QED) is 0.907. The van der Waals surface area contributed by atoms with Crippen LogP contribution in [0.2, 0.25) is 0 Å². The Bertz CT molecular complexity index is 708. The number of aromatic nitrogens is 2. The molecule has 23 heavy (non-hydrogen) atoms. The average Bonchev–Trinajstić information content (AvgIpc) is 3.19. The van der Waals surface area contributed by atoms with Crippen molar-refractivity contribution in [1.82, 2.24) is 14.1 Å². The lowest BCUT2D eigenvalue weighted by atomic mass is 9.92. The summed E-state index contributed by atoms with van der Waals surface area (Å²) in [5, 5.41) is 4.50. The molecule has 3 fully saturated rings. The molecular weight excluding hydrogens is 312 g/mol. The van der Waals surface area contributed by atoms with Crippen molar-refractivity contribution >= 4 is 10.0 Å². The van der Waals surface area contributed by atoms with Crippen LogP contribution in [0.1, 0.15) is 56.6 Å². The summed E-state index contributed by atoms with van der Waals surface area (Å²) in [6.45, 7) is 1.02. The van der Waals surface area contributed by atoms with Crippen LogP contribution in [0, 0.1) is 5.92 Å². The second kappa shape index (κ2) is 5.29. The lowest BCUT2D eigenvalue weighted by molar-refractivity contribution is 0.394. The fraction of sp³-hybridized carbons (Fsp3) is 0.812. The van der Waals surface area contributed by atoms with Gasteiger partial charge in [-0.1, -0.05) is 19.3 Å². The molecule has 1 aromatic rings. The third-order valence-corrected chi connectivity index (χ3v) is 7.91. The molecule has 2 atom stereocenters. The van der Waals surface area contributed by atoms with Gasteiger partial charge in [0.15, 0.2) is 0 Å². The van der Waals surface area contributed by atoms with Gasteiger partial charge < -0.3 is 5.73 Å². The van der Waals surface area contributed by atoms with Crippen LogP contribution in [0.25, 0.3) is 0 Å². The van der Waals surface area contributed by atoms with E-state index in [2.05, 4.69) is 5.10 Å². The average molecular weight is 338 g/mol. The number of aryl methyl sites for hydroxylation is 1. The molecule has 2 heterocycles. The molecule has 6 nitrogen and oxygen atoms in total. The molecule has 7 heteroatoms. The van der Waals surface area contributed by atoms with Gasteiger partial charge in [-0.15, -0.1) is 0 Å². The van der Waals surface area contributed by atoms with Gasteiger partial charge in [-0.05, 0) is 31.6 Å². The highest BCUT2D eigenvalue weighted by Crippen LogP contribution is 2.43. The van der Waals surface area contributed by atoms with Crippen molar-refractivity contribution in [3.8, 4) is 0 Å². The largest absolute Gasteiger partial charge is 0.324 e. The van der Waals surface area contributed by atoms with E-state index < -0.39 is 10.0 Å². The van der Waals surface area contributed by atoms with Crippen LogP contribution in [0.3, 0.4) is 0 Å². The number of rotatable bonds is 3. The molecule has 0 amide bonds. The second-order valence-corrected chi connectivity index (χ2v) is 9.56. The summed E-state index contributed by atoms with van der Waals surface area (Å²) in [5.41, 5.74) is 6.92. The van der Waals surface area contributed by atoms with Gasteiger partial charge in [0.25, 0.3) is 0 Å². The van der Waals surface area contributed by atoms with Gasteiger partial charge in [0, 0.05) is 37.8 Å². The zero-order chi connectivity index (χ0) is 16.2. The van der Waals surface area contributed by atoms with E-state index in [1.807, 2.05) is 0 Å². The Labute approximate surface area is 138 Å². The molecule has 2 N–H and O–H groups in total. The first-order chi connectivity index (χ1) is 10.9. The van der Waals surface area contributed by atoms with Crippen molar-refractivity contribution in [3.05, 3.63) is 11.9 Å². The van der Waals surface area contributed by atoms with E-state index in [0.717, 1.165) is 37.8 Å². The normalized spacial score (nSPS) is 32.7. The van der Waals surface area contributed by atoms with E-state index in [4.69, 9.17) is 5.73 Å². The number of hydrogen-bond donors (Lipinski definition) is 1. The van der Waals surface area contributed by atoms with Crippen molar-refractivity contribution in [2.24, 2.45) is 18.7 Å². The van der Waals surface area contributed by atoms with Gasteiger partial charge in [0.1, 0.15) is 4.90 Å². The molecule has 0 bridgehead atoms. The maximum absolute atomic E-state index is 13.2. The highest BCUT2D eigenvalue weighted by atomic mass is 32.2. The van der Waals surface area contributed by atoms with Crippen LogP contribution in [-0.2, 0) is 17.1 Å². The van der Waals surface area contributed by atoms with E-state index in [-0.39, 0.29) is 11.5 Å². The van der Waals surface area contributed by atoms with Gasteiger partial charge in [-0.3, -0.25) is 4.68 Å². The van der Waals surface area contributed by atoms with Crippen molar-refractivity contribution in [2.75, 3.05) is 13.1 Å². The summed E-state index contributed by atoms with van der Waals surface area (Å²) in [6, 6.07) is 0. The summed E-state index contributed by atoms with van der Waals surface area (Å²) in [6.07, 6.45) is 9.20. The summed E-state index contributed by atoms with van der Waals surface area (Å²) < 4.78 is 29.7. The maximum Gasteiger partial charge on any atom is 0.246 e. The van der Waals surface area contributed by atoms with Crippen molar-refractivity contribution < 1.29 is 8.42 Å². The van der Waals surface area contributed by atoms with E-state index in [1.165, 1.54) is 12.8 Å². The van der Waals surface area contributed by atoms with Crippen molar-refractivity contribution in [3.63, 3.8) is 0 Å². The number of nitrogens with two attached hydrogens (primary N) is 1. The fourth-order valence-corrected chi connectivity index (χ4v) is 6.60. The lowest BCUT2D eigenvalue weighted by Crippen LogP contribution is -2.44. The highest BCUT2D eigenvalue weighted by Gasteiger charge is 2.50. The molecule has 1 aliphatic heterocycles. The summed E-state index contributed by atoms with van der Waals surface area (Å²) in [7, 11) is -1.69. The molecule has 0 aromatic carbocycles. The molecule has 3 aliphatic rings. The van der Waals surface area contributed by atoms with Crippen molar-refractivity contribution in [1.29, 1.82) is 0 Å². The minimum absolute atomic E-state index is 0.287. The van der Waals surface area contributed by atoms with Crippen molar-refractivity contribution in [2.45, 2.75) is 61.3 Å². The first kappa shape index (κ1) is 15.6. The predicted molar refractivity (Wildman–Crippen MR) is 87.4 cm³/mol. The molecule has 1 saturated heterocycles. The molecule has 0 spiro atoms. The Morgan fingerprint density at radius 2 is 2.00 bits per heavy atom. The molecule has 4 rings (SSSR count). The van der Waals surface area contributed by atoms with Crippen LogP contribution in [-0.4, -0.2) is 41.1 Å². The number of nitrogens with zero attached hydrogens (tertiary/aromatic N) is 3. The second-order valence-electron chi connectivity index (χ2n) is 7.65. The number of sulfonamides is 1. The summed E-state index contributed by atoms with van der Waals surface area (Å²) in [5.74, 6) is 0.596. The predicted octanol–water partition coefficient (Wildman–Crippen LogP) is 1.58. The van der Waals surface area contributed by atoms with Gasteiger partial charge in [-0.2, -0.15) is 9.40 Å². The molecular formula is C16H26N4O2S. The molecule has 1 aromatic heterocycles. The molecule has 2 unspecified atom stereocenters. The Hall–Kier alpha value is -0.920. The van der Waals surface area contributed by atoms with Gasteiger partial charge in [0.2, 0.25) is 10.0 Å². The first-order valence-electron chi connectivity index (χ1n) is 8.73. The Balaban J connectivity index is 1.67. The minimum atomic E-state index is -3.50. The summed E-state index contributed by atoms with van der Waals surface area (Å²) in [4.78, 5) is 0.412. The van der Waals surface area contributed by atoms with Crippen LogP contribution in [0.4, 0.5) is 0 Å². The molecule has 2 aliphatic carbocycles. The van der Waals surface area contributed by atoms with E-state index in [1.54, 1.807) is 22.2 Å². The fourth-order valence-electron chi connectivity index (χ4n) is 4.78. The maximum atomic E-state index is 13.2. The van der Waals surface area contributed by atoms with Crippen LogP contribution in [0.5, 0.6) is 0 Å². The lowest BCUT2D eigenvalue weighted by Gasteiger charge is -2.23. The standard InChI is InChI=1S/C16H26N4O2S/c1-19-10-14(15(18-19)12-5-2-3-6-12)23(21,22)20-9-13-7-4-8-16(13,17)11-20/h10,12-13H,2-9,11,17H2,1H3. The van der Waals surface area contributed by atoms with Crippen LogP contribution in [0.15, 0.2) is 11.1 Å². The molecule has 2 saturated carbocycles. The third kappa shape index (κ3) is 2.44. The third-order valence-electron chi connectivity index (χ3n) is 6.08. The Morgan fingerprint density at radius 1 is 1.26 bits per heavy atom. The minimum Gasteiger partial charge on any atom is -0.324 e. The smallest absolute Gasteiger partial charge is 0.246 e. The zero-order valence-electron chi connectivity index (χ0n) is 13.7. The first-order valence-corrected chi connectivity index (χ1v) is 10.2. The molecule has 128 valence electrons. The SMILES string of the molecule is Cn1cc(S(=O)(=O)N2CC3CCCC3(N)C2)c(C2CCCC2)n1. The topological polar surface area (TPSA) is 81.2 Å². The number of hydrogen-bond acceptors (Lipinski definition) is 4. The van der Waals surface area contributed by atoms with E-state index in [9.17, 15) is 8.42 Å². The monoisotopic (exact) mass is 338 g/mol. The highest BCUT2D eigenvalue weighted by molar-refractivity contribution is 7.89. The Morgan fingerprint density at radius 3 is 2.70 bits per heavy atom. The van der Waals surface area contributed by atoms with Crippen LogP contribution >= 0.6 is 0 Å². The van der Waals surface area contributed by atoms with E-state index >= 15 is 0 Å². The van der Waals surface area contributed by atoms with E-state index in [0.29, 0.717) is 23.9 Å². The van der Waals surface area contributed by atoms with Gasteiger partial charge >= 0.3 is 0 Å². The van der Waals surface area contributed by atoms with Gasteiger partial charge in [-0.25, -0.2) is 8.42 Å². The van der Waals surface area contributed by atoms with Gasteiger partial charge in [0.05, 0.1) is 5.69 Å². The van der Waals surface area contributed by atoms with Crippen LogP contribution < -0.4 is 5.73 Å². The zero-order valence-corrected chi connectivity index (χ0v) is 14.6. The number of fused-ring (bicyclic) bond motifs is 1. The Kier molecular flexibility index (Phi) is 3.59. The summed E-state index contributed by atoms with van der Waals surface area (Å²) >= 11 is 0. The molecule has 0 radical (unpaired) electrons.